The van der Waals surface area contributed by atoms with E-state index < -0.39 is 16.8 Å². The maximum absolute atomic E-state index is 15.8. The molecule has 2 nitrogen and oxygen atoms in total. The largest absolute Gasteiger partial charge is 0.443 e. The first-order valence-electron chi connectivity index (χ1n) is 10.1. The Kier molecular flexibility index (Phi) is 5.96. The van der Waals surface area contributed by atoms with Crippen LogP contribution in [0.3, 0.4) is 0 Å². The van der Waals surface area contributed by atoms with E-state index >= 15 is 8.78 Å². The van der Waals surface area contributed by atoms with Gasteiger partial charge in [-0.1, -0.05) is 78.4 Å². The lowest BCUT2D eigenvalue weighted by Crippen LogP contribution is -2.43. The van der Waals surface area contributed by atoms with Gasteiger partial charge in [-0.25, -0.2) is 4.79 Å². The van der Waals surface area contributed by atoms with Crippen molar-refractivity contribution in [1.29, 1.82) is 0 Å². The average molecular weight is 437 g/mol. The average Bonchev–Trinajstić information content (AvgIpc) is 3.07. The lowest BCUT2D eigenvalue weighted by atomic mass is 9.88. The predicted molar refractivity (Wildman–Crippen MR) is 120 cm³/mol. The van der Waals surface area contributed by atoms with Crippen LogP contribution in [0.2, 0.25) is 0 Å². The summed E-state index contributed by atoms with van der Waals surface area (Å²) in [5.74, 6) is -0.702. The number of allylic oxidation sites excluding steroid dienone is 1. The lowest BCUT2D eigenvalue weighted by molar-refractivity contribution is -0.129. The summed E-state index contributed by atoms with van der Waals surface area (Å²) in [6.45, 7) is 2.01. The number of thioether (sulfide) groups is 1. The highest BCUT2D eigenvalue weighted by Gasteiger charge is 2.62. The Morgan fingerprint density at radius 3 is 2.39 bits per heavy atom. The van der Waals surface area contributed by atoms with Crippen LogP contribution < -0.4 is 0 Å². The van der Waals surface area contributed by atoms with Gasteiger partial charge in [0.15, 0.2) is 0 Å². The molecule has 3 aromatic rings. The number of cyclic esters (lactones) is 1. The number of ether oxygens (including phenoxy) is 1. The number of benzene rings is 3. The van der Waals surface area contributed by atoms with Crippen LogP contribution in [0.1, 0.15) is 39.9 Å². The minimum atomic E-state index is -3.35. The topological polar surface area (TPSA) is 26.3 Å². The molecule has 0 spiro atoms. The number of halogens is 2. The van der Waals surface area contributed by atoms with Crippen LogP contribution in [0.4, 0.5) is 8.78 Å². The van der Waals surface area contributed by atoms with E-state index in [0.717, 1.165) is 11.1 Å². The first-order valence-corrected chi connectivity index (χ1v) is 10.9. The van der Waals surface area contributed by atoms with Crippen LogP contribution >= 0.6 is 11.8 Å². The summed E-state index contributed by atoms with van der Waals surface area (Å²) in [6, 6.07) is 22.9. The molecule has 0 radical (unpaired) electrons. The SMILES string of the molecule is Cc1ccc(/C=C/CCC2(C(F)(F)Sc3ccccc3)OC(=O)c3ccccc32)cc1. The van der Waals surface area contributed by atoms with Crippen molar-refractivity contribution in [3.63, 3.8) is 0 Å². The first kappa shape index (κ1) is 21.3. The van der Waals surface area contributed by atoms with Crippen molar-refractivity contribution in [2.45, 2.75) is 35.5 Å². The Balaban J connectivity index is 1.64. The number of aryl methyl sites for hydroxylation is 1. The standard InChI is InChI=1S/C26H22F2O2S/c1-19-14-16-20(17-15-19)9-7-8-18-25(23-13-6-5-12-22(23)24(29)30-25)26(27,28)31-21-10-3-2-4-11-21/h2-7,9-17H,8,18H2,1H3/b9-7+. The number of fused-ring (bicyclic) bond motifs is 1. The van der Waals surface area contributed by atoms with E-state index in [9.17, 15) is 4.79 Å². The second kappa shape index (κ2) is 8.67. The van der Waals surface area contributed by atoms with E-state index in [2.05, 4.69) is 0 Å². The number of carbonyl (C=O) groups excluding carboxylic acids is 1. The van der Waals surface area contributed by atoms with Gasteiger partial charge in [-0.2, -0.15) is 8.78 Å². The summed E-state index contributed by atoms with van der Waals surface area (Å²) >= 11 is 0.429. The Morgan fingerprint density at radius 2 is 1.65 bits per heavy atom. The highest BCUT2D eigenvalue weighted by Crippen LogP contribution is 2.56. The van der Waals surface area contributed by atoms with Crippen LogP contribution in [0, 0.1) is 6.92 Å². The minimum Gasteiger partial charge on any atom is -0.443 e. The fourth-order valence-corrected chi connectivity index (χ4v) is 4.74. The summed E-state index contributed by atoms with van der Waals surface area (Å²) in [5, 5.41) is -3.35. The van der Waals surface area contributed by atoms with Gasteiger partial charge in [-0.15, -0.1) is 0 Å². The highest BCUT2D eigenvalue weighted by molar-refractivity contribution is 8.00. The van der Waals surface area contributed by atoms with Gasteiger partial charge >= 0.3 is 11.2 Å². The van der Waals surface area contributed by atoms with E-state index in [1.165, 1.54) is 0 Å². The van der Waals surface area contributed by atoms with E-state index in [1.54, 1.807) is 54.6 Å². The molecule has 1 heterocycles. The van der Waals surface area contributed by atoms with Gasteiger partial charge in [-0.3, -0.25) is 0 Å². The van der Waals surface area contributed by atoms with Gasteiger partial charge < -0.3 is 4.74 Å². The maximum atomic E-state index is 15.8. The third-order valence-electron chi connectivity index (χ3n) is 5.36. The summed E-state index contributed by atoms with van der Waals surface area (Å²) < 4.78 is 37.0. The van der Waals surface area contributed by atoms with Gasteiger partial charge in [0.05, 0.1) is 5.56 Å². The van der Waals surface area contributed by atoms with E-state index in [-0.39, 0.29) is 17.5 Å². The number of carbonyl (C=O) groups is 1. The fourth-order valence-electron chi connectivity index (χ4n) is 3.73. The third-order valence-corrected chi connectivity index (χ3v) is 6.45. The molecule has 0 fully saturated rings. The van der Waals surface area contributed by atoms with Gasteiger partial charge in [0, 0.05) is 16.9 Å². The lowest BCUT2D eigenvalue weighted by Gasteiger charge is -2.35. The molecular weight excluding hydrogens is 414 g/mol. The Labute approximate surface area is 184 Å². The number of hydrogen-bond acceptors (Lipinski definition) is 3. The number of hydrogen-bond donors (Lipinski definition) is 0. The molecule has 3 aromatic carbocycles. The second-order valence-electron chi connectivity index (χ2n) is 7.55. The normalized spacial score (nSPS) is 18.2. The Bertz CT molecular complexity index is 1090. The molecule has 158 valence electrons. The number of esters is 1. The summed E-state index contributed by atoms with van der Waals surface area (Å²) in [6.07, 6.45) is 4.06. The molecule has 1 atom stereocenters. The number of rotatable bonds is 7. The molecule has 0 N–H and O–H groups in total. The molecule has 0 amide bonds. The molecule has 0 bridgehead atoms. The molecule has 5 heteroatoms. The van der Waals surface area contributed by atoms with Crippen LogP contribution in [0.5, 0.6) is 0 Å². The zero-order valence-corrected chi connectivity index (χ0v) is 17.9. The Morgan fingerprint density at radius 1 is 0.968 bits per heavy atom. The second-order valence-corrected chi connectivity index (χ2v) is 8.73. The summed E-state index contributed by atoms with van der Waals surface area (Å²) in [5.41, 5.74) is 0.575. The van der Waals surface area contributed by atoms with Gasteiger partial charge in [-0.05, 0) is 48.9 Å². The van der Waals surface area contributed by atoms with E-state index in [4.69, 9.17) is 4.74 Å². The molecule has 1 aliphatic heterocycles. The molecule has 0 saturated heterocycles. The predicted octanol–water partition coefficient (Wildman–Crippen LogP) is 7.24. The van der Waals surface area contributed by atoms with Gasteiger partial charge in [0.25, 0.3) is 0 Å². The fraction of sp³-hybridized carbons (Fsp3) is 0.192. The number of alkyl halides is 2. The molecule has 1 aliphatic rings. The van der Waals surface area contributed by atoms with Crippen molar-refractivity contribution in [3.8, 4) is 0 Å². The summed E-state index contributed by atoms with van der Waals surface area (Å²) in [4.78, 5) is 12.9. The van der Waals surface area contributed by atoms with Crippen LogP contribution in [0.15, 0.2) is 89.8 Å². The first-order chi connectivity index (χ1) is 14.9. The van der Waals surface area contributed by atoms with Crippen molar-refractivity contribution < 1.29 is 18.3 Å². The quantitative estimate of drug-likeness (QED) is 0.288. The Hall–Kier alpha value is -2.92. The molecule has 0 aromatic heterocycles. The molecule has 31 heavy (non-hydrogen) atoms. The van der Waals surface area contributed by atoms with E-state index in [1.807, 2.05) is 43.3 Å². The van der Waals surface area contributed by atoms with Crippen molar-refractivity contribution in [3.05, 3.63) is 107 Å². The highest BCUT2D eigenvalue weighted by atomic mass is 32.2. The molecule has 1 unspecified atom stereocenters. The zero-order valence-electron chi connectivity index (χ0n) is 17.1. The maximum Gasteiger partial charge on any atom is 0.341 e. The minimum absolute atomic E-state index is 0.0229. The molecule has 0 aliphatic carbocycles. The van der Waals surface area contributed by atoms with Crippen LogP contribution in [-0.4, -0.2) is 11.2 Å². The van der Waals surface area contributed by atoms with Crippen molar-refractivity contribution in [1.82, 2.24) is 0 Å². The monoisotopic (exact) mass is 436 g/mol. The summed E-state index contributed by atoms with van der Waals surface area (Å²) in [7, 11) is 0. The van der Waals surface area contributed by atoms with Crippen molar-refractivity contribution in [2.75, 3.05) is 0 Å². The molecular formula is C26H22F2O2S. The van der Waals surface area contributed by atoms with Crippen molar-refractivity contribution >= 4 is 23.8 Å². The smallest absolute Gasteiger partial charge is 0.341 e. The van der Waals surface area contributed by atoms with Crippen molar-refractivity contribution in [2.24, 2.45) is 0 Å². The van der Waals surface area contributed by atoms with Gasteiger partial charge in [0.1, 0.15) is 0 Å². The van der Waals surface area contributed by atoms with Gasteiger partial charge in [0.2, 0.25) is 5.60 Å². The van der Waals surface area contributed by atoms with E-state index in [0.29, 0.717) is 23.1 Å². The molecule has 0 saturated carbocycles. The zero-order chi connectivity index (χ0) is 21.9. The molecule has 4 rings (SSSR count). The third kappa shape index (κ3) is 4.28. The van der Waals surface area contributed by atoms with Crippen LogP contribution in [-0.2, 0) is 10.3 Å². The van der Waals surface area contributed by atoms with Crippen LogP contribution in [0.25, 0.3) is 6.08 Å².